The van der Waals surface area contributed by atoms with Crippen LogP contribution in [0.15, 0.2) is 24.6 Å². The van der Waals surface area contributed by atoms with Crippen molar-refractivity contribution in [3.8, 4) is 0 Å². The maximum absolute atomic E-state index is 11.4. The molecule has 3 atom stereocenters. The van der Waals surface area contributed by atoms with Crippen molar-refractivity contribution >= 4 is 5.91 Å². The first-order chi connectivity index (χ1) is 11.1. The molecule has 0 aliphatic carbocycles. The van der Waals surface area contributed by atoms with Crippen molar-refractivity contribution in [2.75, 3.05) is 6.54 Å². The predicted octanol–water partition coefficient (Wildman–Crippen LogP) is 4.01. The molecule has 1 aliphatic heterocycles. The van der Waals surface area contributed by atoms with E-state index in [2.05, 4.69) is 49.8 Å². The molecule has 1 aliphatic rings. The summed E-state index contributed by atoms with van der Waals surface area (Å²) in [6, 6.07) is 0. The normalized spacial score (nSPS) is 24.8. The van der Waals surface area contributed by atoms with Crippen LogP contribution >= 0.6 is 0 Å². The van der Waals surface area contributed by atoms with Crippen LogP contribution in [0.3, 0.4) is 0 Å². The summed E-state index contributed by atoms with van der Waals surface area (Å²) in [7, 11) is 0. The fraction of sp³-hybridized carbons (Fsp3) is 0.737. The molecule has 4 nitrogen and oxygen atoms in total. The van der Waals surface area contributed by atoms with Crippen molar-refractivity contribution in [3.05, 3.63) is 24.6 Å². The van der Waals surface area contributed by atoms with E-state index in [1.165, 1.54) is 38.5 Å². The molecule has 1 amide bonds. The van der Waals surface area contributed by atoms with Gasteiger partial charge in [-0.3, -0.25) is 9.28 Å². The van der Waals surface area contributed by atoms with Crippen LogP contribution in [0.4, 0.5) is 0 Å². The van der Waals surface area contributed by atoms with Crippen LogP contribution in [0.1, 0.15) is 72.6 Å². The number of quaternary nitrogens is 1. The largest absolute Gasteiger partial charge is 0.337 e. The van der Waals surface area contributed by atoms with Crippen LogP contribution in [0.5, 0.6) is 0 Å². The molecule has 0 aromatic rings. The Kier molecular flexibility index (Phi) is 9.00. The second-order valence-corrected chi connectivity index (χ2v) is 6.60. The molecule has 3 unspecified atom stereocenters. The molecule has 4 heteroatoms. The molecule has 0 saturated carbocycles. The van der Waals surface area contributed by atoms with E-state index < -0.39 is 0 Å². The summed E-state index contributed by atoms with van der Waals surface area (Å²) >= 11 is 0. The average Bonchev–Trinajstić information content (AvgIpc) is 2.93. The third-order valence-electron chi connectivity index (χ3n) is 4.90. The minimum atomic E-state index is 0.0325. The molecule has 23 heavy (non-hydrogen) atoms. The Morgan fingerprint density at radius 3 is 2.65 bits per heavy atom. The topological polar surface area (TPSA) is 41.1 Å². The number of amides is 1. The van der Waals surface area contributed by atoms with Crippen LogP contribution in [-0.4, -0.2) is 29.3 Å². The summed E-state index contributed by atoms with van der Waals surface area (Å²) in [4.78, 5) is 11.4. The van der Waals surface area contributed by atoms with Gasteiger partial charge in [-0.25, -0.2) is 0 Å². The minimum absolute atomic E-state index is 0.0325. The van der Waals surface area contributed by atoms with Crippen LogP contribution in [0.25, 0.3) is 0 Å². The molecule has 0 fully saturated rings. The standard InChI is InChI=1S/C19H35N3O/c1-5-7-8-9-10-11-12-13-14-19-20-15-16-22(19,6-2)17(3)21-18(4)23/h12-13,15-17,19-20H,5-11,14H2,1-4H3/p+1/b13-12+. The summed E-state index contributed by atoms with van der Waals surface area (Å²) < 4.78 is 0.764. The number of nitrogens with zero attached hydrogens (tertiary/aromatic N) is 1. The van der Waals surface area contributed by atoms with E-state index in [9.17, 15) is 4.79 Å². The smallest absolute Gasteiger partial charge is 0.221 e. The number of unbranched alkanes of at least 4 members (excludes halogenated alkanes) is 5. The molecular weight excluding hydrogens is 286 g/mol. The third-order valence-corrected chi connectivity index (χ3v) is 4.90. The average molecular weight is 323 g/mol. The van der Waals surface area contributed by atoms with Gasteiger partial charge in [-0.2, -0.15) is 0 Å². The lowest BCUT2D eigenvalue weighted by Crippen LogP contribution is -2.62. The SMILES string of the molecule is CCCCCCC/C=C/CC1NC=C[N+]1(CC)C(C)NC(C)=O. The number of carbonyl (C=O) groups is 1. The van der Waals surface area contributed by atoms with Crippen molar-refractivity contribution in [1.29, 1.82) is 0 Å². The molecule has 0 spiro atoms. The van der Waals surface area contributed by atoms with Gasteiger partial charge in [-0.1, -0.05) is 44.8 Å². The highest BCUT2D eigenvalue weighted by atomic mass is 16.1. The lowest BCUT2D eigenvalue weighted by atomic mass is 10.1. The van der Waals surface area contributed by atoms with Gasteiger partial charge in [-0.05, 0) is 19.8 Å². The van der Waals surface area contributed by atoms with E-state index >= 15 is 0 Å². The zero-order valence-electron chi connectivity index (χ0n) is 15.5. The van der Waals surface area contributed by atoms with E-state index in [1.807, 2.05) is 6.20 Å². The highest BCUT2D eigenvalue weighted by molar-refractivity contribution is 5.72. The summed E-state index contributed by atoms with van der Waals surface area (Å²) in [6.45, 7) is 9.07. The van der Waals surface area contributed by atoms with E-state index in [1.54, 1.807) is 6.92 Å². The summed E-state index contributed by atoms with van der Waals surface area (Å²) in [6.07, 6.45) is 18.0. The van der Waals surface area contributed by atoms with E-state index in [-0.39, 0.29) is 12.1 Å². The second-order valence-electron chi connectivity index (χ2n) is 6.60. The zero-order valence-corrected chi connectivity index (χ0v) is 15.5. The molecule has 1 rings (SSSR count). The van der Waals surface area contributed by atoms with Gasteiger partial charge in [0.05, 0.1) is 12.7 Å². The quantitative estimate of drug-likeness (QED) is 0.343. The number of carbonyl (C=O) groups excluding carboxylic acids is 1. The van der Waals surface area contributed by atoms with Crippen LogP contribution in [-0.2, 0) is 4.79 Å². The second kappa shape index (κ2) is 10.5. The number of nitrogens with one attached hydrogen (secondary N) is 2. The lowest BCUT2D eigenvalue weighted by Gasteiger charge is -2.41. The Balaban J connectivity index is 2.44. The highest BCUT2D eigenvalue weighted by Crippen LogP contribution is 2.24. The van der Waals surface area contributed by atoms with E-state index in [0.29, 0.717) is 6.17 Å². The number of rotatable bonds is 11. The monoisotopic (exact) mass is 322 g/mol. The first kappa shape index (κ1) is 19.8. The molecule has 132 valence electrons. The Morgan fingerprint density at radius 1 is 1.26 bits per heavy atom. The van der Waals surface area contributed by atoms with Crippen molar-refractivity contribution in [2.45, 2.75) is 85.0 Å². The molecule has 2 N–H and O–H groups in total. The van der Waals surface area contributed by atoms with Gasteiger partial charge in [-0.15, -0.1) is 0 Å². The number of allylic oxidation sites excluding steroid dienone is 1. The zero-order chi connectivity index (χ0) is 17.1. The van der Waals surface area contributed by atoms with Crippen molar-refractivity contribution in [3.63, 3.8) is 0 Å². The number of hydrogen-bond acceptors (Lipinski definition) is 2. The Labute approximate surface area is 142 Å². The summed E-state index contributed by atoms with van der Waals surface area (Å²) in [5.74, 6) is 0.0325. The van der Waals surface area contributed by atoms with Crippen LogP contribution < -0.4 is 10.6 Å². The van der Waals surface area contributed by atoms with Crippen LogP contribution in [0, 0.1) is 0 Å². The van der Waals surface area contributed by atoms with Gasteiger partial charge >= 0.3 is 0 Å². The Hall–Kier alpha value is -1.29. The summed E-state index contributed by atoms with van der Waals surface area (Å²) in [5, 5.41) is 6.52. The first-order valence-corrected chi connectivity index (χ1v) is 9.29. The first-order valence-electron chi connectivity index (χ1n) is 9.29. The molecule has 1 heterocycles. The van der Waals surface area contributed by atoms with Gasteiger partial charge in [0, 0.05) is 20.3 Å². The van der Waals surface area contributed by atoms with Crippen molar-refractivity contribution in [1.82, 2.24) is 10.6 Å². The van der Waals surface area contributed by atoms with Gasteiger partial charge < -0.3 is 10.6 Å². The maximum atomic E-state index is 11.4. The van der Waals surface area contributed by atoms with E-state index in [0.717, 1.165) is 17.4 Å². The van der Waals surface area contributed by atoms with Crippen molar-refractivity contribution in [2.24, 2.45) is 0 Å². The molecule has 0 aromatic carbocycles. The van der Waals surface area contributed by atoms with Gasteiger partial charge in [0.1, 0.15) is 6.20 Å². The van der Waals surface area contributed by atoms with Crippen LogP contribution in [0.2, 0.25) is 0 Å². The Morgan fingerprint density at radius 2 is 2.00 bits per heavy atom. The molecule has 0 radical (unpaired) electrons. The fourth-order valence-electron chi connectivity index (χ4n) is 3.42. The number of hydrogen-bond donors (Lipinski definition) is 2. The molecule has 0 aromatic heterocycles. The van der Waals surface area contributed by atoms with E-state index in [4.69, 9.17) is 0 Å². The third kappa shape index (κ3) is 6.02. The minimum Gasteiger partial charge on any atom is -0.337 e. The molecule has 0 saturated heterocycles. The van der Waals surface area contributed by atoms with Gasteiger partial charge in [0.2, 0.25) is 5.91 Å². The lowest BCUT2D eigenvalue weighted by molar-refractivity contribution is -0.923. The van der Waals surface area contributed by atoms with Gasteiger partial charge in [0.15, 0.2) is 12.3 Å². The summed E-state index contributed by atoms with van der Waals surface area (Å²) in [5.41, 5.74) is 0. The molecular formula is C19H36N3O+. The molecule has 0 bridgehead atoms. The maximum Gasteiger partial charge on any atom is 0.221 e. The highest BCUT2D eigenvalue weighted by Gasteiger charge is 2.41. The van der Waals surface area contributed by atoms with Crippen molar-refractivity contribution < 1.29 is 9.28 Å². The predicted molar refractivity (Wildman–Crippen MR) is 97.3 cm³/mol. The fourth-order valence-corrected chi connectivity index (χ4v) is 3.42. The van der Waals surface area contributed by atoms with Gasteiger partial charge in [0.25, 0.3) is 0 Å². The Bertz CT molecular complexity index is 405.